The van der Waals surface area contributed by atoms with Crippen LogP contribution in [0.25, 0.3) is 11.3 Å². The van der Waals surface area contributed by atoms with E-state index < -0.39 is 5.50 Å². The van der Waals surface area contributed by atoms with Gasteiger partial charge in [-0.25, -0.2) is 4.98 Å². The number of carbonyl (C=O) groups is 1. The summed E-state index contributed by atoms with van der Waals surface area (Å²) in [7, 11) is 0. The Morgan fingerprint density at radius 2 is 1.94 bits per heavy atom. The maximum atomic E-state index is 12.8. The molecule has 0 spiro atoms. The number of rotatable bonds is 5. The number of halogens is 1. The molecular weight excluding hydrogens is 408 g/mol. The number of carbonyl (C=O) groups excluding carboxylic acids is 1. The first kappa shape index (κ1) is 19.9. The molecule has 31 heavy (non-hydrogen) atoms. The summed E-state index contributed by atoms with van der Waals surface area (Å²) in [6.07, 6.45) is 13.6. The van der Waals surface area contributed by atoms with Gasteiger partial charge >= 0.3 is 0 Å². The molecule has 0 aliphatic heterocycles. The highest BCUT2D eigenvalue weighted by atomic mass is 35.5. The van der Waals surface area contributed by atoms with Gasteiger partial charge in [-0.05, 0) is 78.6 Å². The number of aromatic nitrogens is 3. The lowest BCUT2D eigenvalue weighted by molar-refractivity contribution is 0.0942. The van der Waals surface area contributed by atoms with E-state index in [1.165, 1.54) is 36.8 Å². The number of hydrogen-bond acceptors (Lipinski definition) is 2. The third-order valence-electron chi connectivity index (χ3n) is 6.13. The van der Waals surface area contributed by atoms with Crippen molar-refractivity contribution in [1.82, 2.24) is 19.3 Å². The molecule has 6 heteroatoms. The smallest absolute Gasteiger partial charge is 0.271 e. The SMILES string of the molecule is CCc1cc(-n2cc3c(c2)CCCC3)ccc1C(Cl)NC(=O)c1cnc2ccccn12. The highest BCUT2D eigenvalue weighted by Gasteiger charge is 2.19. The van der Waals surface area contributed by atoms with E-state index in [1.807, 2.05) is 30.5 Å². The Balaban J connectivity index is 1.39. The van der Waals surface area contributed by atoms with Crippen LogP contribution in [0, 0.1) is 0 Å². The molecule has 5 rings (SSSR count). The molecule has 1 unspecified atom stereocenters. The topological polar surface area (TPSA) is 51.3 Å². The van der Waals surface area contributed by atoms with Crippen molar-refractivity contribution in [3.8, 4) is 5.69 Å². The Labute approximate surface area is 186 Å². The number of hydrogen-bond donors (Lipinski definition) is 1. The van der Waals surface area contributed by atoms with Crippen LogP contribution in [0.1, 0.15) is 58.0 Å². The number of alkyl halides is 1. The normalized spacial score (nSPS) is 14.4. The van der Waals surface area contributed by atoms with Crippen molar-refractivity contribution < 1.29 is 4.79 Å². The van der Waals surface area contributed by atoms with Gasteiger partial charge in [0.05, 0.1) is 6.20 Å². The summed E-state index contributed by atoms with van der Waals surface area (Å²) in [5.74, 6) is -0.247. The molecule has 0 radical (unpaired) electrons. The van der Waals surface area contributed by atoms with Gasteiger partial charge in [0.1, 0.15) is 16.8 Å². The van der Waals surface area contributed by atoms with Gasteiger partial charge in [0.2, 0.25) is 0 Å². The lowest BCUT2D eigenvalue weighted by Gasteiger charge is -2.17. The van der Waals surface area contributed by atoms with Gasteiger partial charge in [-0.2, -0.15) is 0 Å². The van der Waals surface area contributed by atoms with Crippen LogP contribution in [0.2, 0.25) is 0 Å². The fourth-order valence-electron chi connectivity index (χ4n) is 4.44. The number of fused-ring (bicyclic) bond motifs is 2. The third kappa shape index (κ3) is 3.74. The largest absolute Gasteiger partial charge is 0.331 e. The summed E-state index contributed by atoms with van der Waals surface area (Å²) in [6, 6.07) is 11.9. The highest BCUT2D eigenvalue weighted by Crippen LogP contribution is 2.28. The molecule has 1 aromatic carbocycles. The molecular formula is C25H25ClN4O. The van der Waals surface area contributed by atoms with Crippen molar-refractivity contribution in [2.75, 3.05) is 0 Å². The van der Waals surface area contributed by atoms with Crippen LogP contribution < -0.4 is 5.32 Å². The van der Waals surface area contributed by atoms with Crippen LogP contribution >= 0.6 is 11.6 Å². The molecule has 1 aliphatic carbocycles. The Kier molecular flexibility index (Phi) is 5.28. The van der Waals surface area contributed by atoms with E-state index in [1.54, 1.807) is 10.6 Å². The van der Waals surface area contributed by atoms with Crippen LogP contribution in [-0.4, -0.2) is 19.9 Å². The molecule has 1 aliphatic rings. The van der Waals surface area contributed by atoms with E-state index in [0.717, 1.165) is 28.9 Å². The standard InChI is InChI=1S/C25H25ClN4O/c1-2-17-13-20(29-15-18-7-3-4-8-19(18)16-29)10-11-21(17)24(26)28-25(31)22-14-27-23-9-5-6-12-30(22)23/h5-6,9-16,24H,2-4,7-8H2,1H3,(H,28,31). The summed E-state index contributed by atoms with van der Waals surface area (Å²) >= 11 is 6.67. The van der Waals surface area contributed by atoms with E-state index in [9.17, 15) is 4.79 Å². The fourth-order valence-corrected chi connectivity index (χ4v) is 4.75. The molecule has 0 saturated carbocycles. The predicted octanol–water partition coefficient (Wildman–Crippen LogP) is 5.23. The molecule has 0 bridgehead atoms. The van der Waals surface area contributed by atoms with Gasteiger partial charge in [-0.15, -0.1) is 0 Å². The second kappa shape index (κ2) is 8.23. The monoisotopic (exact) mass is 432 g/mol. The zero-order valence-corrected chi connectivity index (χ0v) is 18.3. The van der Waals surface area contributed by atoms with Crippen molar-refractivity contribution >= 4 is 23.2 Å². The fraction of sp³-hybridized carbons (Fsp3) is 0.280. The molecule has 4 aromatic rings. The number of imidazole rings is 1. The average Bonchev–Trinajstić information content (AvgIpc) is 3.43. The summed E-state index contributed by atoms with van der Waals surface area (Å²) < 4.78 is 3.98. The van der Waals surface area contributed by atoms with E-state index in [0.29, 0.717) is 5.69 Å². The third-order valence-corrected chi connectivity index (χ3v) is 6.47. The zero-order chi connectivity index (χ0) is 21.4. The molecule has 1 N–H and O–H groups in total. The minimum atomic E-state index is -0.622. The van der Waals surface area contributed by atoms with Crippen LogP contribution in [0.15, 0.2) is 61.2 Å². The van der Waals surface area contributed by atoms with Crippen LogP contribution in [0.4, 0.5) is 0 Å². The van der Waals surface area contributed by atoms with Crippen molar-refractivity contribution in [2.24, 2.45) is 0 Å². The summed E-state index contributed by atoms with van der Waals surface area (Å²) in [4.78, 5) is 17.1. The predicted molar refractivity (Wildman–Crippen MR) is 123 cm³/mol. The van der Waals surface area contributed by atoms with Gasteiger partial charge in [-0.1, -0.05) is 30.7 Å². The average molecular weight is 433 g/mol. The van der Waals surface area contributed by atoms with Crippen LogP contribution in [-0.2, 0) is 19.3 Å². The number of nitrogens with one attached hydrogen (secondary N) is 1. The van der Waals surface area contributed by atoms with Gasteiger partial charge in [0, 0.05) is 24.3 Å². The number of aryl methyl sites for hydroxylation is 3. The summed E-state index contributed by atoms with van der Waals surface area (Å²) in [5.41, 5.74) is 6.68. The first-order chi connectivity index (χ1) is 15.1. The molecule has 0 fully saturated rings. The van der Waals surface area contributed by atoms with Gasteiger partial charge in [0.25, 0.3) is 5.91 Å². The van der Waals surface area contributed by atoms with E-state index in [4.69, 9.17) is 11.6 Å². The minimum Gasteiger partial charge on any atom is -0.331 e. The quantitative estimate of drug-likeness (QED) is 0.346. The van der Waals surface area contributed by atoms with Crippen LogP contribution in [0.5, 0.6) is 0 Å². The lowest BCUT2D eigenvalue weighted by atomic mass is 9.96. The number of pyridine rings is 1. The maximum Gasteiger partial charge on any atom is 0.271 e. The molecule has 3 aromatic heterocycles. The first-order valence-corrected chi connectivity index (χ1v) is 11.3. The minimum absolute atomic E-state index is 0.247. The molecule has 1 atom stereocenters. The maximum absolute atomic E-state index is 12.8. The Morgan fingerprint density at radius 3 is 2.68 bits per heavy atom. The molecule has 5 nitrogen and oxygen atoms in total. The Hall–Kier alpha value is -3.05. The van der Waals surface area contributed by atoms with Crippen LogP contribution in [0.3, 0.4) is 0 Å². The first-order valence-electron chi connectivity index (χ1n) is 10.8. The highest BCUT2D eigenvalue weighted by molar-refractivity contribution is 6.22. The van der Waals surface area contributed by atoms with E-state index in [2.05, 4.69) is 46.3 Å². The molecule has 0 saturated heterocycles. The number of benzene rings is 1. The second-order valence-electron chi connectivity index (χ2n) is 8.07. The second-order valence-corrected chi connectivity index (χ2v) is 8.50. The summed E-state index contributed by atoms with van der Waals surface area (Å²) in [5, 5.41) is 2.92. The number of nitrogens with zero attached hydrogens (tertiary/aromatic N) is 3. The van der Waals surface area contributed by atoms with Crippen molar-refractivity contribution in [2.45, 2.75) is 44.5 Å². The number of amides is 1. The van der Waals surface area contributed by atoms with Crippen molar-refractivity contribution in [3.63, 3.8) is 0 Å². The molecule has 3 heterocycles. The van der Waals surface area contributed by atoms with Gasteiger partial charge < -0.3 is 9.88 Å². The van der Waals surface area contributed by atoms with Crippen molar-refractivity contribution in [3.05, 3.63) is 89.1 Å². The van der Waals surface area contributed by atoms with Gasteiger partial charge in [0.15, 0.2) is 0 Å². The summed E-state index contributed by atoms with van der Waals surface area (Å²) in [6.45, 7) is 2.11. The molecule has 1 amide bonds. The van der Waals surface area contributed by atoms with Crippen molar-refractivity contribution in [1.29, 1.82) is 0 Å². The molecule has 158 valence electrons. The van der Waals surface area contributed by atoms with E-state index >= 15 is 0 Å². The lowest BCUT2D eigenvalue weighted by Crippen LogP contribution is -2.27. The zero-order valence-electron chi connectivity index (χ0n) is 17.5. The Morgan fingerprint density at radius 1 is 1.16 bits per heavy atom. The van der Waals surface area contributed by atoms with Gasteiger partial charge in [-0.3, -0.25) is 9.20 Å². The van der Waals surface area contributed by atoms with E-state index in [-0.39, 0.29) is 5.91 Å². The Bertz CT molecular complexity index is 1230.